The van der Waals surface area contributed by atoms with Gasteiger partial charge < -0.3 is 37.8 Å². The van der Waals surface area contributed by atoms with Crippen molar-refractivity contribution in [3.05, 3.63) is 47.9 Å². The number of β-amino-alcohol motifs (C(OH)–C–C–N with tert-alkyl or cyclic N) is 1. The van der Waals surface area contributed by atoms with Crippen LogP contribution in [0.1, 0.15) is 30.2 Å². The lowest BCUT2D eigenvalue weighted by Crippen LogP contribution is -2.40. The molecule has 10 nitrogen and oxygen atoms in total. The summed E-state index contributed by atoms with van der Waals surface area (Å²) < 4.78 is 34.0. The van der Waals surface area contributed by atoms with Gasteiger partial charge in [0, 0.05) is 37.2 Å². The molecule has 2 aromatic carbocycles. The van der Waals surface area contributed by atoms with Gasteiger partial charge in [0.15, 0.2) is 5.76 Å². The molecule has 10 heteroatoms. The van der Waals surface area contributed by atoms with Crippen molar-refractivity contribution in [3.8, 4) is 34.6 Å². The normalized spacial score (nSPS) is 15.5. The van der Waals surface area contributed by atoms with Crippen LogP contribution < -0.4 is 18.9 Å². The molecule has 2 aromatic heterocycles. The molecule has 202 valence electrons. The maximum Gasteiger partial charge on any atom is 0.283 e. The Morgan fingerprint density at radius 2 is 1.71 bits per heavy atom. The van der Waals surface area contributed by atoms with Gasteiger partial charge in [0.25, 0.3) is 5.89 Å². The average molecular weight is 524 g/mol. The zero-order valence-electron chi connectivity index (χ0n) is 22.1. The number of likely N-dealkylation sites (tertiary alicyclic amines) is 1. The Balaban J connectivity index is 1.18. The van der Waals surface area contributed by atoms with Gasteiger partial charge in [-0.15, -0.1) is 10.2 Å². The van der Waals surface area contributed by atoms with Crippen molar-refractivity contribution in [2.75, 3.05) is 47.6 Å². The highest BCUT2D eigenvalue weighted by Crippen LogP contribution is 2.43. The van der Waals surface area contributed by atoms with Crippen molar-refractivity contribution in [1.29, 1.82) is 0 Å². The minimum absolute atomic E-state index is 0.166. The predicted octanol–water partition coefficient (Wildman–Crippen LogP) is 4.44. The number of hydrogen-bond donors (Lipinski definition) is 1. The Morgan fingerprint density at radius 1 is 0.974 bits per heavy atom. The first-order valence-electron chi connectivity index (χ1n) is 12.6. The average Bonchev–Trinajstić information content (AvgIpc) is 3.58. The topological polar surface area (TPSA) is 112 Å². The molecule has 1 unspecified atom stereocenters. The number of hydrogen-bond acceptors (Lipinski definition) is 10. The van der Waals surface area contributed by atoms with Crippen LogP contribution in [0.4, 0.5) is 0 Å². The molecule has 1 aliphatic rings. The van der Waals surface area contributed by atoms with Gasteiger partial charge in [0.2, 0.25) is 5.89 Å². The molecule has 0 aliphatic carbocycles. The minimum Gasteiger partial charge on any atom is -0.496 e. The summed E-state index contributed by atoms with van der Waals surface area (Å²) in [6.45, 7) is 4.12. The lowest BCUT2D eigenvalue weighted by atomic mass is 9.87. The predicted molar refractivity (Wildman–Crippen MR) is 140 cm³/mol. The second-order valence-electron chi connectivity index (χ2n) is 9.39. The quantitative estimate of drug-likeness (QED) is 0.320. The van der Waals surface area contributed by atoms with Crippen LogP contribution in [0.25, 0.3) is 22.6 Å². The SMILES string of the molecule is COc1cc(OC)c(C2CCN(CC(O)COc3cccc4oc(-c5nnc(C)o5)cc34)CC2)c(OC)c1. The Hall–Kier alpha value is -3.76. The smallest absolute Gasteiger partial charge is 0.283 e. The summed E-state index contributed by atoms with van der Waals surface area (Å²) in [6, 6.07) is 11.2. The maximum atomic E-state index is 10.7. The lowest BCUT2D eigenvalue weighted by molar-refractivity contribution is 0.0597. The molecule has 5 rings (SSSR count). The number of aromatic nitrogens is 2. The minimum atomic E-state index is -0.642. The van der Waals surface area contributed by atoms with Gasteiger partial charge in [-0.25, -0.2) is 0 Å². The third kappa shape index (κ3) is 5.41. The fourth-order valence-electron chi connectivity index (χ4n) is 5.04. The zero-order chi connectivity index (χ0) is 26.6. The van der Waals surface area contributed by atoms with Gasteiger partial charge in [0.1, 0.15) is 41.3 Å². The van der Waals surface area contributed by atoms with E-state index in [-0.39, 0.29) is 6.61 Å². The largest absolute Gasteiger partial charge is 0.496 e. The zero-order valence-corrected chi connectivity index (χ0v) is 22.1. The number of benzene rings is 2. The van der Waals surface area contributed by atoms with Gasteiger partial charge in [-0.3, -0.25) is 0 Å². The third-order valence-corrected chi connectivity index (χ3v) is 6.91. The highest BCUT2D eigenvalue weighted by molar-refractivity contribution is 5.87. The van der Waals surface area contributed by atoms with E-state index in [1.54, 1.807) is 28.3 Å². The Kier molecular flexibility index (Phi) is 7.71. The molecule has 1 atom stereocenters. The summed E-state index contributed by atoms with van der Waals surface area (Å²) in [6.07, 6.45) is 1.22. The highest BCUT2D eigenvalue weighted by Gasteiger charge is 2.28. The summed E-state index contributed by atoms with van der Waals surface area (Å²) in [7, 11) is 4.96. The van der Waals surface area contributed by atoms with Crippen LogP contribution in [0.15, 0.2) is 45.2 Å². The molecular weight excluding hydrogens is 490 g/mol. The molecule has 4 aromatic rings. The van der Waals surface area contributed by atoms with E-state index in [2.05, 4.69) is 15.1 Å². The van der Waals surface area contributed by atoms with E-state index in [9.17, 15) is 5.11 Å². The van der Waals surface area contributed by atoms with Gasteiger partial charge in [-0.2, -0.15) is 0 Å². The molecule has 0 radical (unpaired) electrons. The Bertz CT molecular complexity index is 1350. The van der Waals surface area contributed by atoms with E-state index < -0.39 is 6.10 Å². The van der Waals surface area contributed by atoms with Crippen LogP contribution in [0.3, 0.4) is 0 Å². The maximum absolute atomic E-state index is 10.7. The third-order valence-electron chi connectivity index (χ3n) is 6.91. The second-order valence-corrected chi connectivity index (χ2v) is 9.39. The number of nitrogens with zero attached hydrogens (tertiary/aromatic N) is 3. The second kappa shape index (κ2) is 11.3. The summed E-state index contributed by atoms with van der Waals surface area (Å²) >= 11 is 0. The van der Waals surface area contributed by atoms with Crippen molar-refractivity contribution >= 4 is 11.0 Å². The fraction of sp³-hybridized carbons (Fsp3) is 0.429. The summed E-state index contributed by atoms with van der Waals surface area (Å²) in [5, 5.41) is 19.4. The molecular formula is C28H33N3O7. The first kappa shape index (κ1) is 25.9. The standard InChI is InChI=1S/C28H33N3O7/c1-17-29-30-28(37-17)26-14-21-22(6-5-7-23(21)38-26)36-16-19(32)15-31-10-8-18(9-11-31)27-24(34-3)12-20(33-2)13-25(27)35-4/h5-7,12-14,18-19,32H,8-11,15-16H2,1-4H3. The Morgan fingerprint density at radius 3 is 2.34 bits per heavy atom. The van der Waals surface area contributed by atoms with Gasteiger partial charge in [0.05, 0.1) is 26.7 Å². The monoisotopic (exact) mass is 523 g/mol. The van der Waals surface area contributed by atoms with E-state index in [0.29, 0.717) is 47.1 Å². The lowest BCUT2D eigenvalue weighted by Gasteiger charge is -2.34. The number of aliphatic hydroxyl groups is 1. The molecule has 1 aliphatic heterocycles. The van der Waals surface area contributed by atoms with E-state index in [1.165, 1.54) is 0 Å². The van der Waals surface area contributed by atoms with Crippen molar-refractivity contribution < 1.29 is 32.9 Å². The van der Waals surface area contributed by atoms with Gasteiger partial charge in [-0.1, -0.05) is 6.07 Å². The van der Waals surface area contributed by atoms with E-state index >= 15 is 0 Å². The number of methoxy groups -OCH3 is 3. The number of furan rings is 1. The van der Waals surface area contributed by atoms with Crippen molar-refractivity contribution in [1.82, 2.24) is 15.1 Å². The summed E-state index contributed by atoms with van der Waals surface area (Å²) in [5.41, 5.74) is 1.72. The van der Waals surface area contributed by atoms with Crippen LogP contribution in [0, 0.1) is 6.92 Å². The molecule has 0 saturated carbocycles. The molecule has 0 spiro atoms. The number of piperidine rings is 1. The van der Waals surface area contributed by atoms with Crippen molar-refractivity contribution in [2.45, 2.75) is 31.8 Å². The first-order valence-corrected chi connectivity index (χ1v) is 12.6. The highest BCUT2D eigenvalue weighted by atomic mass is 16.5. The molecule has 1 saturated heterocycles. The molecule has 0 bridgehead atoms. The van der Waals surface area contributed by atoms with Crippen molar-refractivity contribution in [2.24, 2.45) is 0 Å². The van der Waals surface area contributed by atoms with Crippen LogP contribution in [0.2, 0.25) is 0 Å². The molecule has 0 amide bonds. The first-order chi connectivity index (χ1) is 18.5. The fourth-order valence-corrected chi connectivity index (χ4v) is 5.04. The van der Waals surface area contributed by atoms with E-state index in [0.717, 1.165) is 48.4 Å². The van der Waals surface area contributed by atoms with Gasteiger partial charge in [-0.05, 0) is 44.0 Å². The van der Waals surface area contributed by atoms with Crippen LogP contribution >= 0.6 is 0 Å². The van der Waals surface area contributed by atoms with Crippen LogP contribution in [-0.2, 0) is 0 Å². The molecule has 38 heavy (non-hydrogen) atoms. The number of aryl methyl sites for hydroxylation is 1. The van der Waals surface area contributed by atoms with E-state index in [1.807, 2.05) is 36.4 Å². The number of ether oxygens (including phenoxy) is 4. The molecule has 3 heterocycles. The van der Waals surface area contributed by atoms with Gasteiger partial charge >= 0.3 is 0 Å². The Labute approximate surface area is 221 Å². The molecule has 1 fully saturated rings. The molecule has 1 N–H and O–H groups in total. The van der Waals surface area contributed by atoms with Crippen molar-refractivity contribution in [3.63, 3.8) is 0 Å². The summed E-state index contributed by atoms with van der Waals surface area (Å²) in [4.78, 5) is 2.27. The number of aliphatic hydroxyl groups excluding tert-OH is 1. The number of rotatable bonds is 10. The number of fused-ring (bicyclic) bond motifs is 1. The van der Waals surface area contributed by atoms with Crippen LogP contribution in [0.5, 0.6) is 23.0 Å². The summed E-state index contributed by atoms with van der Waals surface area (Å²) in [5.74, 6) is 4.44. The van der Waals surface area contributed by atoms with Crippen LogP contribution in [-0.4, -0.2) is 73.9 Å². The van der Waals surface area contributed by atoms with E-state index in [4.69, 9.17) is 27.8 Å².